The van der Waals surface area contributed by atoms with Gasteiger partial charge in [-0.2, -0.15) is 18.3 Å². The average Bonchev–Trinajstić information content (AvgIpc) is 3.01. The summed E-state index contributed by atoms with van der Waals surface area (Å²) in [5, 5.41) is 12.1. The molecular formula is C19H20F3N7OS. The summed E-state index contributed by atoms with van der Waals surface area (Å²) in [4.78, 5) is 23.0. The quantitative estimate of drug-likeness (QED) is 0.627. The molecule has 0 radical (unpaired) electrons. The summed E-state index contributed by atoms with van der Waals surface area (Å²) < 4.78 is 37.9. The summed E-state index contributed by atoms with van der Waals surface area (Å²) in [5.74, 6) is 0.0535. The van der Waals surface area contributed by atoms with Crippen LogP contribution in [0, 0.1) is 6.92 Å². The van der Waals surface area contributed by atoms with Crippen molar-refractivity contribution in [3.8, 4) is 0 Å². The monoisotopic (exact) mass is 451 g/mol. The number of nitrogens with zero attached hydrogens (tertiary/aromatic N) is 5. The molecule has 3 N–H and O–H groups in total. The molecule has 8 nitrogen and oxygen atoms in total. The Bertz CT molecular complexity index is 1140. The fourth-order valence-corrected chi connectivity index (χ4v) is 4.50. The van der Waals surface area contributed by atoms with Gasteiger partial charge in [0.25, 0.3) is 5.91 Å². The van der Waals surface area contributed by atoms with Crippen LogP contribution in [0.15, 0.2) is 12.4 Å². The van der Waals surface area contributed by atoms with E-state index in [9.17, 15) is 18.0 Å². The summed E-state index contributed by atoms with van der Waals surface area (Å²) >= 11 is 1.19. The number of nitrogens with two attached hydrogens (primary N) is 1. The Morgan fingerprint density at radius 3 is 2.48 bits per heavy atom. The van der Waals surface area contributed by atoms with Crippen molar-refractivity contribution in [1.82, 2.24) is 25.5 Å². The zero-order valence-electron chi connectivity index (χ0n) is 17.0. The van der Waals surface area contributed by atoms with Gasteiger partial charge in [-0.05, 0) is 18.4 Å². The molecule has 1 fully saturated rings. The first-order valence-electron chi connectivity index (χ1n) is 9.56. The van der Waals surface area contributed by atoms with E-state index >= 15 is 0 Å². The number of anilines is 2. The second kappa shape index (κ2) is 7.59. The molecule has 1 saturated heterocycles. The maximum atomic E-state index is 12.8. The fourth-order valence-electron chi connectivity index (χ4n) is 3.50. The van der Waals surface area contributed by atoms with Crippen LogP contribution in [0.5, 0.6) is 0 Å². The maximum Gasteiger partial charge on any atom is 0.419 e. The molecule has 0 atom stereocenters. The normalized spacial score (nSPS) is 14.9. The molecule has 1 aliphatic heterocycles. The molecule has 0 spiro atoms. The van der Waals surface area contributed by atoms with Gasteiger partial charge in [0.05, 0.1) is 23.0 Å². The molecule has 0 saturated carbocycles. The fraction of sp³-hybridized carbons (Fsp3) is 0.421. The first-order valence-corrected chi connectivity index (χ1v) is 10.4. The van der Waals surface area contributed by atoms with Gasteiger partial charge in [0.1, 0.15) is 9.71 Å². The van der Waals surface area contributed by atoms with Gasteiger partial charge in [-0.3, -0.25) is 4.79 Å². The van der Waals surface area contributed by atoms with Crippen molar-refractivity contribution in [2.24, 2.45) is 0 Å². The van der Waals surface area contributed by atoms with Crippen molar-refractivity contribution >= 4 is 39.1 Å². The molecule has 4 rings (SSSR count). The summed E-state index contributed by atoms with van der Waals surface area (Å²) in [6.45, 7) is 6.73. The number of aryl methyl sites for hydroxylation is 1. The molecule has 3 aromatic heterocycles. The Hall–Kier alpha value is -3.02. The molecule has 0 aliphatic carbocycles. The van der Waals surface area contributed by atoms with Crippen molar-refractivity contribution in [1.29, 1.82) is 0 Å². The number of hydrogen-bond acceptors (Lipinski definition) is 8. The van der Waals surface area contributed by atoms with E-state index in [1.54, 1.807) is 4.90 Å². The van der Waals surface area contributed by atoms with E-state index in [1.165, 1.54) is 11.3 Å². The van der Waals surface area contributed by atoms with Crippen LogP contribution in [0.4, 0.5) is 24.8 Å². The number of nitrogens with one attached hydrogen (secondary N) is 1. The highest BCUT2D eigenvalue weighted by atomic mass is 32.1. The smallest absolute Gasteiger partial charge is 0.397 e. The SMILES string of the molecule is Cc1c(C(C)C)nnc2sc(C(=O)NC3CN(c4ncc(C(F)(F)F)cn4)C3)c(N)c12. The van der Waals surface area contributed by atoms with Crippen LogP contribution >= 0.6 is 11.3 Å². The number of aromatic nitrogens is 4. The van der Waals surface area contributed by atoms with Crippen LogP contribution in [-0.4, -0.2) is 45.2 Å². The number of carbonyl (C=O) groups excluding carboxylic acids is 1. The zero-order valence-corrected chi connectivity index (χ0v) is 17.8. The van der Waals surface area contributed by atoms with Crippen molar-refractivity contribution in [2.75, 3.05) is 23.7 Å². The lowest BCUT2D eigenvalue weighted by Gasteiger charge is -2.39. The molecule has 12 heteroatoms. The number of nitrogen functional groups attached to an aromatic ring is 1. The Morgan fingerprint density at radius 1 is 1.26 bits per heavy atom. The van der Waals surface area contributed by atoms with E-state index in [1.807, 2.05) is 20.8 Å². The lowest BCUT2D eigenvalue weighted by Crippen LogP contribution is -2.59. The first kappa shape index (κ1) is 21.2. The number of rotatable bonds is 4. The van der Waals surface area contributed by atoms with Crippen molar-refractivity contribution < 1.29 is 18.0 Å². The van der Waals surface area contributed by atoms with Crippen molar-refractivity contribution in [3.63, 3.8) is 0 Å². The molecule has 1 amide bonds. The van der Waals surface area contributed by atoms with E-state index in [4.69, 9.17) is 5.73 Å². The van der Waals surface area contributed by atoms with Gasteiger partial charge in [0.15, 0.2) is 0 Å². The molecule has 4 heterocycles. The van der Waals surface area contributed by atoms with Crippen LogP contribution in [0.2, 0.25) is 0 Å². The molecule has 31 heavy (non-hydrogen) atoms. The van der Waals surface area contributed by atoms with Gasteiger partial charge < -0.3 is 16.0 Å². The number of fused-ring (bicyclic) bond motifs is 1. The van der Waals surface area contributed by atoms with Gasteiger partial charge in [-0.15, -0.1) is 16.4 Å². The first-order chi connectivity index (χ1) is 14.6. The summed E-state index contributed by atoms with van der Waals surface area (Å²) in [6.07, 6.45) is -2.98. The number of amides is 1. The number of thiophene rings is 1. The lowest BCUT2D eigenvalue weighted by molar-refractivity contribution is -0.138. The van der Waals surface area contributed by atoms with E-state index in [2.05, 4.69) is 25.5 Å². The molecule has 0 aromatic carbocycles. The van der Waals surface area contributed by atoms with Gasteiger partial charge in [0, 0.05) is 30.9 Å². The molecule has 3 aromatic rings. The minimum absolute atomic E-state index is 0.182. The van der Waals surface area contributed by atoms with Gasteiger partial charge in [-0.1, -0.05) is 13.8 Å². The van der Waals surface area contributed by atoms with Crippen molar-refractivity contribution in [2.45, 2.75) is 38.9 Å². The predicted molar refractivity (Wildman–Crippen MR) is 111 cm³/mol. The molecular weight excluding hydrogens is 431 g/mol. The Kier molecular flexibility index (Phi) is 5.20. The van der Waals surface area contributed by atoms with E-state index < -0.39 is 11.7 Å². The minimum atomic E-state index is -4.48. The third-order valence-electron chi connectivity index (χ3n) is 5.15. The highest BCUT2D eigenvalue weighted by molar-refractivity contribution is 7.21. The maximum absolute atomic E-state index is 12.8. The van der Waals surface area contributed by atoms with Gasteiger partial charge >= 0.3 is 6.18 Å². The standard InChI is InChI=1S/C19H20F3N7OS/c1-8(2)14-9(3)12-13(23)15(31-17(12)28-27-14)16(30)26-11-6-29(7-11)18-24-4-10(5-25-18)19(20,21)22/h4-5,8,11H,6-7,23H2,1-3H3,(H,26,30). The van der Waals surface area contributed by atoms with E-state index in [-0.39, 0.29) is 23.8 Å². The minimum Gasteiger partial charge on any atom is -0.397 e. The van der Waals surface area contributed by atoms with Crippen LogP contribution in [0.1, 0.15) is 46.3 Å². The Labute approximate surface area is 179 Å². The number of alkyl halides is 3. The predicted octanol–water partition coefficient (Wildman–Crippen LogP) is 3.13. The lowest BCUT2D eigenvalue weighted by atomic mass is 10.0. The molecule has 0 bridgehead atoms. The van der Waals surface area contributed by atoms with E-state index in [0.717, 1.165) is 29.0 Å². The second-order valence-electron chi connectivity index (χ2n) is 7.73. The topological polar surface area (TPSA) is 110 Å². The highest BCUT2D eigenvalue weighted by Gasteiger charge is 2.34. The Morgan fingerprint density at radius 2 is 1.90 bits per heavy atom. The molecule has 0 unspecified atom stereocenters. The summed E-state index contributed by atoms with van der Waals surface area (Å²) in [7, 11) is 0. The van der Waals surface area contributed by atoms with E-state index in [0.29, 0.717) is 28.5 Å². The van der Waals surface area contributed by atoms with Gasteiger partial charge in [0.2, 0.25) is 5.95 Å². The van der Waals surface area contributed by atoms with Crippen molar-refractivity contribution in [3.05, 3.63) is 34.1 Å². The van der Waals surface area contributed by atoms with Crippen LogP contribution in [0.25, 0.3) is 10.2 Å². The average molecular weight is 451 g/mol. The molecule has 1 aliphatic rings. The third-order valence-corrected chi connectivity index (χ3v) is 6.24. The second-order valence-corrected chi connectivity index (χ2v) is 8.73. The van der Waals surface area contributed by atoms with Crippen LogP contribution < -0.4 is 16.0 Å². The summed E-state index contributed by atoms with van der Waals surface area (Å²) in [5.41, 5.74) is 7.51. The summed E-state index contributed by atoms with van der Waals surface area (Å²) in [6, 6.07) is -0.193. The highest BCUT2D eigenvalue weighted by Crippen LogP contribution is 2.36. The number of carbonyl (C=O) groups is 1. The zero-order chi connectivity index (χ0) is 22.5. The number of halogens is 3. The van der Waals surface area contributed by atoms with Crippen LogP contribution in [-0.2, 0) is 6.18 Å². The largest absolute Gasteiger partial charge is 0.419 e. The molecule has 164 valence electrons. The third kappa shape index (κ3) is 3.87. The van der Waals surface area contributed by atoms with Gasteiger partial charge in [-0.25, -0.2) is 9.97 Å². The van der Waals surface area contributed by atoms with Crippen LogP contribution in [0.3, 0.4) is 0 Å². The Balaban J connectivity index is 1.44. The number of hydrogen-bond donors (Lipinski definition) is 2.